The minimum absolute atomic E-state index is 0.235. The molecule has 0 aromatic heterocycles. The van der Waals surface area contributed by atoms with E-state index in [0.29, 0.717) is 12.8 Å². The van der Waals surface area contributed by atoms with Gasteiger partial charge < -0.3 is 14.6 Å². The molecule has 32 heavy (non-hydrogen) atoms. The Kier molecular flexibility index (Phi) is 4.65. The van der Waals surface area contributed by atoms with Gasteiger partial charge in [0.15, 0.2) is 23.0 Å². The molecule has 0 spiro atoms. The summed E-state index contributed by atoms with van der Waals surface area (Å²) in [6.45, 7) is 6.52. The number of ether oxygens (including phenoxy) is 2. The predicted octanol–water partition coefficient (Wildman–Crippen LogP) is 4.01. The van der Waals surface area contributed by atoms with Crippen LogP contribution in [0.2, 0.25) is 0 Å². The molecule has 5 rings (SSSR count). The molecule has 2 saturated carbocycles. The van der Waals surface area contributed by atoms with Crippen LogP contribution in [0.25, 0.3) is 0 Å². The summed E-state index contributed by atoms with van der Waals surface area (Å²) in [4.78, 5) is 24.1. The van der Waals surface area contributed by atoms with Crippen molar-refractivity contribution < 1.29 is 28.6 Å². The van der Waals surface area contributed by atoms with Gasteiger partial charge in [-0.15, -0.1) is 23.2 Å². The van der Waals surface area contributed by atoms with Gasteiger partial charge in [0.2, 0.25) is 0 Å². The number of hydrogen-bond acceptors (Lipinski definition) is 5. The van der Waals surface area contributed by atoms with Crippen LogP contribution in [0, 0.1) is 22.7 Å². The van der Waals surface area contributed by atoms with E-state index in [9.17, 15) is 14.7 Å². The molecular weight excluding hydrogens is 458 g/mol. The number of Topliss-reactive ketones (excluding diaryl/α,β-unsaturated/α-hetero) is 1. The number of carbonyl (C=O) groups excluding carboxylic acids is 2. The number of carbonyl (C=O) groups is 2. The molecule has 0 amide bonds. The second kappa shape index (κ2) is 6.54. The fraction of sp³-hybridized carbons (Fsp3) is 0.667. The van der Waals surface area contributed by atoms with Gasteiger partial charge in [-0.1, -0.05) is 19.9 Å². The van der Waals surface area contributed by atoms with E-state index >= 15 is 4.39 Å². The minimum atomic E-state index is -1.40. The van der Waals surface area contributed by atoms with Crippen molar-refractivity contribution in [1.82, 2.24) is 0 Å². The zero-order chi connectivity index (χ0) is 23.5. The summed E-state index contributed by atoms with van der Waals surface area (Å²) in [7, 11) is 0. The van der Waals surface area contributed by atoms with E-state index in [1.165, 1.54) is 18.2 Å². The standard InChI is InChI=1S/C24H27Cl2FO5/c1-20(2)31-19-9-13-14-8-16(27)15-7-12(29)5-6-21(15,3)23(14,26)17(25)10-22(13,4)24(19,32-20)18(30)11-28/h5-8,13-14,17,19,28H,9-11H2,1-4H3/t13-,14-,17-,19+,21-,22-,23-,24+/m0/s1. The quantitative estimate of drug-likeness (QED) is 0.599. The molecule has 0 unspecified atom stereocenters. The van der Waals surface area contributed by atoms with Gasteiger partial charge in [-0.3, -0.25) is 9.59 Å². The lowest BCUT2D eigenvalue weighted by atomic mass is 9.48. The maximum atomic E-state index is 15.5. The van der Waals surface area contributed by atoms with Crippen LogP contribution in [0.4, 0.5) is 4.39 Å². The number of halogens is 3. The molecule has 3 fully saturated rings. The van der Waals surface area contributed by atoms with E-state index in [4.69, 9.17) is 32.7 Å². The third-order valence-electron chi connectivity index (χ3n) is 8.76. The molecule has 0 aromatic rings. The van der Waals surface area contributed by atoms with Gasteiger partial charge in [0.25, 0.3) is 0 Å². The summed E-state index contributed by atoms with van der Waals surface area (Å²) in [6.07, 6.45) is 5.94. The van der Waals surface area contributed by atoms with Crippen LogP contribution in [0.1, 0.15) is 40.5 Å². The molecule has 1 saturated heterocycles. The van der Waals surface area contributed by atoms with Gasteiger partial charge in [0.05, 0.1) is 16.4 Å². The largest absolute Gasteiger partial charge is 0.388 e. The lowest BCUT2D eigenvalue weighted by Crippen LogP contribution is -2.68. The predicted molar refractivity (Wildman–Crippen MR) is 117 cm³/mol. The highest BCUT2D eigenvalue weighted by Crippen LogP contribution is 2.73. The van der Waals surface area contributed by atoms with E-state index in [0.717, 1.165) is 0 Å². The van der Waals surface area contributed by atoms with Crippen molar-refractivity contribution in [1.29, 1.82) is 0 Å². The van der Waals surface area contributed by atoms with Crippen LogP contribution in [0.3, 0.4) is 0 Å². The highest BCUT2D eigenvalue weighted by atomic mass is 35.5. The number of hydrogen-bond donors (Lipinski definition) is 1. The normalized spacial score (nSPS) is 50.7. The average Bonchev–Trinajstić information content (AvgIpc) is 3.11. The number of rotatable bonds is 2. The lowest BCUT2D eigenvalue weighted by Gasteiger charge is -2.62. The van der Waals surface area contributed by atoms with Crippen molar-refractivity contribution in [3.63, 3.8) is 0 Å². The van der Waals surface area contributed by atoms with Gasteiger partial charge in [-0.2, -0.15) is 0 Å². The van der Waals surface area contributed by atoms with Gasteiger partial charge in [-0.25, -0.2) is 4.39 Å². The molecule has 8 heteroatoms. The molecule has 0 bridgehead atoms. The summed E-state index contributed by atoms with van der Waals surface area (Å²) < 4.78 is 27.9. The smallest absolute Gasteiger partial charge is 0.193 e. The van der Waals surface area contributed by atoms with Crippen LogP contribution >= 0.6 is 23.2 Å². The van der Waals surface area contributed by atoms with Crippen molar-refractivity contribution in [2.75, 3.05) is 6.61 Å². The van der Waals surface area contributed by atoms with Gasteiger partial charge in [0, 0.05) is 22.3 Å². The molecule has 8 atom stereocenters. The Balaban J connectivity index is 1.70. The number of ketones is 2. The van der Waals surface area contributed by atoms with Crippen molar-refractivity contribution in [3.8, 4) is 0 Å². The first-order valence-corrected chi connectivity index (χ1v) is 11.8. The maximum Gasteiger partial charge on any atom is 0.193 e. The summed E-state index contributed by atoms with van der Waals surface area (Å²) in [6, 6.07) is 0. The summed E-state index contributed by atoms with van der Waals surface area (Å²) in [5.74, 6) is -3.10. The van der Waals surface area contributed by atoms with Crippen molar-refractivity contribution in [3.05, 3.63) is 35.7 Å². The first-order chi connectivity index (χ1) is 14.8. The zero-order valence-corrected chi connectivity index (χ0v) is 20.0. The zero-order valence-electron chi connectivity index (χ0n) is 18.5. The van der Waals surface area contributed by atoms with E-state index < -0.39 is 62.7 Å². The Labute approximate surface area is 196 Å². The highest BCUT2D eigenvalue weighted by Gasteiger charge is 2.79. The number of aliphatic hydroxyl groups excluding tert-OH is 1. The second-order valence-corrected chi connectivity index (χ2v) is 11.8. The lowest BCUT2D eigenvalue weighted by molar-refractivity contribution is -0.211. The highest BCUT2D eigenvalue weighted by molar-refractivity contribution is 6.34. The maximum absolute atomic E-state index is 15.5. The monoisotopic (exact) mass is 484 g/mol. The molecule has 0 aromatic carbocycles. The molecule has 174 valence electrons. The molecule has 0 radical (unpaired) electrons. The number of fused-ring (bicyclic) bond motifs is 7. The molecule has 1 aliphatic heterocycles. The Morgan fingerprint density at radius 2 is 2.00 bits per heavy atom. The van der Waals surface area contributed by atoms with E-state index in [1.54, 1.807) is 19.9 Å². The Bertz CT molecular complexity index is 1020. The Hall–Kier alpha value is -1.05. The first kappa shape index (κ1) is 22.7. The van der Waals surface area contributed by atoms with E-state index in [-0.39, 0.29) is 17.3 Å². The molecule has 5 aliphatic rings. The second-order valence-electron chi connectivity index (χ2n) is 10.7. The molecular formula is C24H27Cl2FO5. The van der Waals surface area contributed by atoms with Gasteiger partial charge in [0.1, 0.15) is 12.4 Å². The Morgan fingerprint density at radius 3 is 2.66 bits per heavy atom. The van der Waals surface area contributed by atoms with Crippen molar-refractivity contribution in [2.45, 2.75) is 68.3 Å². The average molecular weight is 485 g/mol. The number of allylic oxidation sites excluding steroid dienone is 6. The van der Waals surface area contributed by atoms with E-state index in [1.807, 2.05) is 13.8 Å². The third kappa shape index (κ3) is 2.41. The van der Waals surface area contributed by atoms with Crippen LogP contribution in [0.5, 0.6) is 0 Å². The van der Waals surface area contributed by atoms with Crippen LogP contribution in [-0.4, -0.2) is 51.0 Å². The fourth-order valence-electron chi connectivity index (χ4n) is 7.39. The number of aliphatic hydroxyl groups is 1. The SMILES string of the molecule is CC1(C)O[C@@H]2C[C@H]3[C@@H]4C=C(F)C5=CC(=O)C=C[C@]5(C)[C@@]4(Cl)[C@@H](Cl)C[C@]3(C)[C@]2(C(=O)CO)O1. The minimum Gasteiger partial charge on any atom is -0.388 e. The molecule has 4 aliphatic carbocycles. The van der Waals surface area contributed by atoms with Crippen molar-refractivity contribution >= 4 is 34.8 Å². The third-order valence-corrected chi connectivity index (χ3v) is 10.3. The van der Waals surface area contributed by atoms with Crippen LogP contribution in [0.15, 0.2) is 35.7 Å². The summed E-state index contributed by atoms with van der Waals surface area (Å²) in [5.41, 5.74) is -3.02. The topological polar surface area (TPSA) is 72.8 Å². The number of alkyl halides is 2. The van der Waals surface area contributed by atoms with Crippen LogP contribution in [-0.2, 0) is 19.1 Å². The van der Waals surface area contributed by atoms with Gasteiger partial charge in [-0.05, 0) is 50.8 Å². The molecule has 5 nitrogen and oxygen atoms in total. The van der Waals surface area contributed by atoms with Gasteiger partial charge >= 0.3 is 0 Å². The molecule has 1 N–H and O–H groups in total. The fourth-order valence-corrected chi connectivity index (χ4v) is 8.54. The van der Waals surface area contributed by atoms with E-state index in [2.05, 4.69) is 0 Å². The Morgan fingerprint density at radius 1 is 1.31 bits per heavy atom. The summed E-state index contributed by atoms with van der Waals surface area (Å²) >= 11 is 14.4. The van der Waals surface area contributed by atoms with Crippen molar-refractivity contribution in [2.24, 2.45) is 22.7 Å². The molecule has 1 heterocycles. The summed E-state index contributed by atoms with van der Waals surface area (Å²) in [5, 5.41) is 9.18. The van der Waals surface area contributed by atoms with Crippen LogP contribution < -0.4 is 0 Å². The first-order valence-electron chi connectivity index (χ1n) is 10.9.